The molecule has 5 nitrogen and oxygen atoms in total. The second-order valence-electron chi connectivity index (χ2n) is 4.38. The van der Waals surface area contributed by atoms with Crippen LogP contribution in [0.4, 0.5) is 13.2 Å². The molecule has 2 heterocycles. The lowest BCUT2D eigenvalue weighted by Crippen LogP contribution is -2.20. The molecule has 0 aliphatic rings. The van der Waals surface area contributed by atoms with Crippen molar-refractivity contribution in [2.75, 3.05) is 0 Å². The van der Waals surface area contributed by atoms with Crippen molar-refractivity contribution in [1.29, 1.82) is 0 Å². The molecule has 2 aromatic heterocycles. The molecule has 3 aromatic rings. The van der Waals surface area contributed by atoms with E-state index in [-0.39, 0.29) is 16.1 Å². The predicted molar refractivity (Wildman–Crippen MR) is 75.8 cm³/mol. The molecule has 0 atom stereocenters. The number of aromatic nitrogens is 3. The van der Waals surface area contributed by atoms with Gasteiger partial charge in [0.25, 0.3) is 5.56 Å². The molecule has 1 aromatic carbocycles. The lowest BCUT2D eigenvalue weighted by molar-refractivity contribution is -0.274. The van der Waals surface area contributed by atoms with Gasteiger partial charge in [-0.15, -0.1) is 13.2 Å². The molecule has 0 aliphatic carbocycles. The van der Waals surface area contributed by atoms with E-state index in [9.17, 15) is 18.0 Å². The minimum atomic E-state index is -4.76. The van der Waals surface area contributed by atoms with Gasteiger partial charge in [0.15, 0.2) is 4.77 Å². The van der Waals surface area contributed by atoms with Crippen molar-refractivity contribution in [3.8, 4) is 11.4 Å². The summed E-state index contributed by atoms with van der Waals surface area (Å²) in [5, 5.41) is 0.393. The summed E-state index contributed by atoms with van der Waals surface area (Å²) in [6.07, 6.45) is -3.18. The Morgan fingerprint density at radius 3 is 2.45 bits per heavy atom. The van der Waals surface area contributed by atoms with Gasteiger partial charge in [0, 0.05) is 6.20 Å². The van der Waals surface area contributed by atoms with Crippen molar-refractivity contribution >= 4 is 23.3 Å². The highest BCUT2D eigenvalue weighted by atomic mass is 32.1. The first-order valence-corrected chi connectivity index (χ1v) is 6.44. The van der Waals surface area contributed by atoms with E-state index < -0.39 is 6.36 Å². The van der Waals surface area contributed by atoms with Crippen molar-refractivity contribution in [3.05, 3.63) is 51.7 Å². The van der Waals surface area contributed by atoms with Gasteiger partial charge in [-0.3, -0.25) is 9.36 Å². The van der Waals surface area contributed by atoms with Crippen LogP contribution < -0.4 is 10.3 Å². The highest BCUT2D eigenvalue weighted by Crippen LogP contribution is 2.23. The highest BCUT2D eigenvalue weighted by molar-refractivity contribution is 7.71. The molecule has 2 N–H and O–H groups in total. The van der Waals surface area contributed by atoms with Crippen LogP contribution >= 0.6 is 12.2 Å². The van der Waals surface area contributed by atoms with E-state index in [1.54, 1.807) is 12.3 Å². The summed E-state index contributed by atoms with van der Waals surface area (Å²) in [6, 6.07) is 6.46. The first kappa shape index (κ1) is 14.4. The minimum absolute atomic E-state index is 0.129. The van der Waals surface area contributed by atoms with Crippen LogP contribution in [0.5, 0.6) is 5.75 Å². The smallest absolute Gasteiger partial charge is 0.406 e. The zero-order valence-electron chi connectivity index (χ0n) is 10.8. The average Bonchev–Trinajstić information content (AvgIpc) is 2.87. The lowest BCUT2D eigenvalue weighted by atomic mass is 10.3. The summed E-state index contributed by atoms with van der Waals surface area (Å²) in [7, 11) is 0. The van der Waals surface area contributed by atoms with Crippen LogP contribution in [0.25, 0.3) is 16.7 Å². The monoisotopic (exact) mass is 327 g/mol. The third-order valence-corrected chi connectivity index (χ3v) is 3.23. The third kappa shape index (κ3) is 2.62. The van der Waals surface area contributed by atoms with E-state index in [0.717, 1.165) is 12.1 Å². The molecule has 0 bridgehead atoms. The number of H-pyrrole nitrogens is 2. The Balaban J connectivity index is 2.08. The third-order valence-electron chi connectivity index (χ3n) is 2.94. The summed E-state index contributed by atoms with van der Waals surface area (Å²) in [5.41, 5.74) is 0.455. The molecule has 9 heteroatoms. The van der Waals surface area contributed by atoms with Gasteiger partial charge in [0.05, 0.1) is 11.1 Å². The fourth-order valence-electron chi connectivity index (χ4n) is 2.06. The molecule has 22 heavy (non-hydrogen) atoms. The Kier molecular flexibility index (Phi) is 3.28. The Labute approximate surface area is 126 Å². The zero-order valence-corrected chi connectivity index (χ0v) is 11.6. The van der Waals surface area contributed by atoms with Crippen molar-refractivity contribution in [1.82, 2.24) is 14.5 Å². The first-order valence-electron chi connectivity index (χ1n) is 6.04. The lowest BCUT2D eigenvalue weighted by Gasteiger charge is -2.10. The topological polar surface area (TPSA) is 62.8 Å². The standard InChI is InChI=1S/C13H8F3N3O2S/c14-13(15,16)21-8-3-1-7(2-4-8)19-11(20)9-5-6-17-10(9)18-12(19)22/h1-6,17H,(H,18,22). The number of hydrogen-bond donors (Lipinski definition) is 2. The second kappa shape index (κ2) is 5.02. The molecule has 3 rings (SSSR count). The largest absolute Gasteiger partial charge is 0.573 e. The van der Waals surface area contributed by atoms with Crippen LogP contribution in [-0.4, -0.2) is 20.9 Å². The van der Waals surface area contributed by atoms with Gasteiger partial charge in [0.1, 0.15) is 11.4 Å². The van der Waals surface area contributed by atoms with E-state index >= 15 is 0 Å². The average molecular weight is 327 g/mol. The summed E-state index contributed by atoms with van der Waals surface area (Å²) in [4.78, 5) is 18.0. The fraction of sp³-hybridized carbons (Fsp3) is 0.0769. The molecule has 0 fully saturated rings. The number of benzene rings is 1. The van der Waals surface area contributed by atoms with Crippen LogP contribution in [0.15, 0.2) is 41.3 Å². The summed E-state index contributed by atoms with van der Waals surface area (Å²) >= 11 is 5.11. The fourth-order valence-corrected chi connectivity index (χ4v) is 2.35. The van der Waals surface area contributed by atoms with E-state index in [1.807, 2.05) is 0 Å². The Morgan fingerprint density at radius 2 is 1.82 bits per heavy atom. The molecule has 0 radical (unpaired) electrons. The van der Waals surface area contributed by atoms with Gasteiger partial charge in [-0.05, 0) is 42.5 Å². The summed E-state index contributed by atoms with van der Waals surface area (Å²) < 4.78 is 41.5. The van der Waals surface area contributed by atoms with Crippen molar-refractivity contribution in [2.24, 2.45) is 0 Å². The predicted octanol–water partition coefficient (Wildman–Crippen LogP) is 3.27. The molecular weight excluding hydrogens is 319 g/mol. The number of hydrogen-bond acceptors (Lipinski definition) is 3. The van der Waals surface area contributed by atoms with Crippen molar-refractivity contribution < 1.29 is 17.9 Å². The van der Waals surface area contributed by atoms with E-state index in [1.165, 1.54) is 16.7 Å². The minimum Gasteiger partial charge on any atom is -0.406 e. The number of fused-ring (bicyclic) bond motifs is 1. The number of nitrogens with one attached hydrogen (secondary N) is 2. The number of nitrogens with zero attached hydrogens (tertiary/aromatic N) is 1. The van der Waals surface area contributed by atoms with Crippen LogP contribution in [0, 0.1) is 4.77 Å². The Hall–Kier alpha value is -2.55. The van der Waals surface area contributed by atoms with E-state index in [2.05, 4.69) is 14.7 Å². The van der Waals surface area contributed by atoms with Gasteiger partial charge in [-0.2, -0.15) is 0 Å². The Morgan fingerprint density at radius 1 is 1.14 bits per heavy atom. The molecule has 0 saturated carbocycles. The molecule has 0 aliphatic heterocycles. The maximum absolute atomic E-state index is 12.4. The number of alkyl halides is 3. The van der Waals surface area contributed by atoms with Crippen LogP contribution in [0.3, 0.4) is 0 Å². The van der Waals surface area contributed by atoms with Crippen molar-refractivity contribution in [2.45, 2.75) is 6.36 Å². The maximum Gasteiger partial charge on any atom is 0.573 e. The summed E-state index contributed by atoms with van der Waals surface area (Å²) in [6.45, 7) is 0. The van der Waals surface area contributed by atoms with Gasteiger partial charge >= 0.3 is 6.36 Å². The Bertz CT molecular complexity index is 938. The van der Waals surface area contributed by atoms with E-state index in [4.69, 9.17) is 12.2 Å². The van der Waals surface area contributed by atoms with Gasteiger partial charge in [0.2, 0.25) is 0 Å². The molecule has 0 spiro atoms. The number of rotatable bonds is 2. The number of aromatic amines is 2. The van der Waals surface area contributed by atoms with Crippen LogP contribution in [-0.2, 0) is 0 Å². The quantitative estimate of drug-likeness (QED) is 0.710. The van der Waals surface area contributed by atoms with Gasteiger partial charge in [-0.25, -0.2) is 0 Å². The van der Waals surface area contributed by atoms with Crippen LogP contribution in [0.2, 0.25) is 0 Å². The van der Waals surface area contributed by atoms with Gasteiger partial charge < -0.3 is 14.7 Å². The summed E-state index contributed by atoms with van der Waals surface area (Å²) in [5.74, 6) is -0.373. The second-order valence-corrected chi connectivity index (χ2v) is 4.77. The molecule has 0 saturated heterocycles. The highest BCUT2D eigenvalue weighted by Gasteiger charge is 2.31. The van der Waals surface area contributed by atoms with Crippen molar-refractivity contribution in [3.63, 3.8) is 0 Å². The normalized spacial score (nSPS) is 11.8. The SMILES string of the molecule is O=c1c2cc[nH]c2[nH]c(=S)n1-c1ccc(OC(F)(F)F)cc1. The number of halogens is 3. The van der Waals surface area contributed by atoms with Crippen LogP contribution in [0.1, 0.15) is 0 Å². The molecule has 0 amide bonds. The molecule has 114 valence electrons. The first-order chi connectivity index (χ1) is 10.3. The number of ether oxygens (including phenoxy) is 1. The molecular formula is C13H8F3N3O2S. The molecule has 0 unspecified atom stereocenters. The van der Waals surface area contributed by atoms with Gasteiger partial charge in [-0.1, -0.05) is 0 Å². The van der Waals surface area contributed by atoms with E-state index in [0.29, 0.717) is 16.7 Å². The zero-order chi connectivity index (χ0) is 15.9. The maximum atomic E-state index is 12.4.